The number of nitrogens with one attached hydrogen (secondary N) is 1. The van der Waals surface area contributed by atoms with Crippen LogP contribution in [0.2, 0.25) is 0 Å². The zero-order valence-electron chi connectivity index (χ0n) is 16.9. The topological polar surface area (TPSA) is 28.3 Å². The quantitative estimate of drug-likeness (QED) is 0.638. The molecule has 1 fully saturated rings. The lowest BCUT2D eigenvalue weighted by Gasteiger charge is -2.38. The van der Waals surface area contributed by atoms with Gasteiger partial charge in [-0.3, -0.25) is 4.90 Å². The molecule has 2 heterocycles. The van der Waals surface area contributed by atoms with E-state index in [2.05, 4.69) is 67.1 Å². The maximum Gasteiger partial charge on any atom is 0.119 e. The summed E-state index contributed by atoms with van der Waals surface area (Å²) in [6.07, 6.45) is 2.48. The Morgan fingerprint density at radius 3 is 2.70 bits per heavy atom. The minimum Gasteiger partial charge on any atom is -0.497 e. The fraction of sp³-hybridized carbons (Fsp3) is 0.417. The molecule has 27 heavy (non-hydrogen) atoms. The molecule has 3 nitrogen and oxygen atoms in total. The van der Waals surface area contributed by atoms with E-state index < -0.39 is 0 Å². The van der Waals surface area contributed by atoms with Crippen molar-refractivity contribution in [2.75, 3.05) is 13.7 Å². The normalized spacial score (nSPS) is 20.9. The molecule has 2 atom stereocenters. The van der Waals surface area contributed by atoms with Crippen LogP contribution in [-0.4, -0.2) is 23.5 Å². The van der Waals surface area contributed by atoms with E-state index in [-0.39, 0.29) is 0 Å². The minimum atomic E-state index is 0.439. The summed E-state index contributed by atoms with van der Waals surface area (Å²) < 4.78 is 5.39. The van der Waals surface area contributed by atoms with E-state index in [0.29, 0.717) is 6.04 Å². The highest BCUT2D eigenvalue weighted by molar-refractivity contribution is 5.82. The summed E-state index contributed by atoms with van der Waals surface area (Å²) in [6, 6.07) is 15.9. The van der Waals surface area contributed by atoms with E-state index in [1.807, 2.05) is 6.07 Å². The molecule has 3 heteroatoms. The van der Waals surface area contributed by atoms with E-state index in [1.54, 1.807) is 7.11 Å². The largest absolute Gasteiger partial charge is 0.497 e. The number of ether oxygens (including phenoxy) is 1. The summed E-state index contributed by atoms with van der Waals surface area (Å²) >= 11 is 0. The fourth-order valence-electron chi connectivity index (χ4n) is 4.28. The number of fused-ring (bicyclic) bond motifs is 1. The second-order valence-corrected chi connectivity index (χ2v) is 8.21. The lowest BCUT2D eigenvalue weighted by atomic mass is 9.90. The first-order valence-corrected chi connectivity index (χ1v) is 10.0. The van der Waals surface area contributed by atoms with Gasteiger partial charge in [-0.15, -0.1) is 0 Å². The van der Waals surface area contributed by atoms with Crippen molar-refractivity contribution in [3.63, 3.8) is 0 Å². The molecular formula is C24H30N2O. The lowest BCUT2D eigenvalue weighted by molar-refractivity contribution is 0.108. The maximum absolute atomic E-state index is 5.39. The van der Waals surface area contributed by atoms with Crippen molar-refractivity contribution in [2.24, 2.45) is 5.92 Å². The summed E-state index contributed by atoms with van der Waals surface area (Å²) in [5, 5.41) is 1.23. The highest BCUT2D eigenvalue weighted by Gasteiger charge is 2.29. The number of nitrogens with zero attached hydrogens (tertiary/aromatic N) is 1. The van der Waals surface area contributed by atoms with Crippen LogP contribution in [-0.2, 0) is 6.54 Å². The van der Waals surface area contributed by atoms with Gasteiger partial charge in [-0.2, -0.15) is 0 Å². The van der Waals surface area contributed by atoms with Gasteiger partial charge in [0.1, 0.15) is 5.75 Å². The van der Waals surface area contributed by atoms with Crippen molar-refractivity contribution in [2.45, 2.75) is 46.2 Å². The van der Waals surface area contributed by atoms with Gasteiger partial charge in [0.15, 0.2) is 0 Å². The van der Waals surface area contributed by atoms with Crippen LogP contribution in [0.5, 0.6) is 5.75 Å². The Morgan fingerprint density at radius 1 is 1.07 bits per heavy atom. The Balaban J connectivity index is 1.63. The number of hydrogen-bond acceptors (Lipinski definition) is 2. The Kier molecular flexibility index (Phi) is 4.96. The van der Waals surface area contributed by atoms with Gasteiger partial charge >= 0.3 is 0 Å². The number of rotatable bonds is 4. The zero-order chi connectivity index (χ0) is 19.0. The second-order valence-electron chi connectivity index (χ2n) is 8.21. The second kappa shape index (κ2) is 7.40. The molecule has 0 spiro atoms. The first-order chi connectivity index (χ1) is 13.0. The van der Waals surface area contributed by atoms with Crippen LogP contribution in [0.4, 0.5) is 0 Å². The standard InChI is InChI=1S/C24H30N2O/c1-16-9-10-26(15-19-6-5-17(2)18(3)12-19)24(11-16)23-14-20-13-21(27-4)7-8-22(20)25-23/h5-8,12-14,16,24-25H,9-11,15H2,1-4H3. The van der Waals surface area contributed by atoms with E-state index in [4.69, 9.17) is 4.74 Å². The van der Waals surface area contributed by atoms with E-state index >= 15 is 0 Å². The molecule has 2 aromatic carbocycles. The van der Waals surface area contributed by atoms with Gasteiger partial charge in [0.25, 0.3) is 0 Å². The van der Waals surface area contributed by atoms with Gasteiger partial charge in [0.2, 0.25) is 0 Å². The third-order valence-corrected chi connectivity index (χ3v) is 6.14. The predicted molar refractivity (Wildman–Crippen MR) is 112 cm³/mol. The number of H-pyrrole nitrogens is 1. The Labute approximate surface area is 162 Å². The highest BCUT2D eigenvalue weighted by atomic mass is 16.5. The average Bonchev–Trinajstić information content (AvgIpc) is 3.09. The predicted octanol–water partition coefficient (Wildman–Crippen LogP) is 5.77. The molecule has 3 aromatic rings. The van der Waals surface area contributed by atoms with Gasteiger partial charge in [0, 0.05) is 23.1 Å². The molecule has 4 rings (SSSR count). The number of aromatic amines is 1. The zero-order valence-corrected chi connectivity index (χ0v) is 16.9. The molecule has 142 valence electrons. The Morgan fingerprint density at radius 2 is 1.93 bits per heavy atom. The van der Waals surface area contributed by atoms with Gasteiger partial charge in [-0.1, -0.05) is 25.1 Å². The average molecular weight is 363 g/mol. The summed E-state index contributed by atoms with van der Waals surface area (Å²) in [7, 11) is 1.73. The highest BCUT2D eigenvalue weighted by Crippen LogP contribution is 2.36. The number of likely N-dealkylation sites (tertiary alicyclic amines) is 1. The number of aryl methyl sites for hydroxylation is 2. The fourth-order valence-corrected chi connectivity index (χ4v) is 4.28. The van der Waals surface area contributed by atoms with E-state index in [9.17, 15) is 0 Å². The van der Waals surface area contributed by atoms with Crippen LogP contribution in [0.15, 0.2) is 42.5 Å². The van der Waals surface area contributed by atoms with Crippen LogP contribution in [0.3, 0.4) is 0 Å². The molecule has 0 aliphatic carbocycles. The molecule has 0 radical (unpaired) electrons. The smallest absolute Gasteiger partial charge is 0.119 e. The SMILES string of the molecule is COc1ccc2[nH]c(C3CC(C)CCN3Cc3ccc(C)c(C)c3)cc2c1. The summed E-state index contributed by atoms with van der Waals surface area (Å²) in [5.74, 6) is 1.67. The Bertz CT molecular complexity index is 943. The molecule has 2 unspecified atom stereocenters. The van der Waals surface area contributed by atoms with Gasteiger partial charge < -0.3 is 9.72 Å². The first kappa shape index (κ1) is 18.1. The van der Waals surface area contributed by atoms with Crippen molar-refractivity contribution in [3.8, 4) is 5.75 Å². The van der Waals surface area contributed by atoms with Crippen LogP contribution < -0.4 is 4.74 Å². The van der Waals surface area contributed by atoms with Crippen LogP contribution in [0.25, 0.3) is 10.9 Å². The molecule has 1 aromatic heterocycles. The van der Waals surface area contributed by atoms with Crippen LogP contribution in [0.1, 0.15) is 48.2 Å². The number of benzene rings is 2. The van der Waals surface area contributed by atoms with Gasteiger partial charge in [0.05, 0.1) is 13.2 Å². The third-order valence-electron chi connectivity index (χ3n) is 6.14. The van der Waals surface area contributed by atoms with Crippen LogP contribution >= 0.6 is 0 Å². The monoisotopic (exact) mass is 362 g/mol. The summed E-state index contributed by atoms with van der Waals surface area (Å²) in [4.78, 5) is 6.32. The summed E-state index contributed by atoms with van der Waals surface area (Å²) in [5.41, 5.74) is 6.68. The first-order valence-electron chi connectivity index (χ1n) is 10.0. The number of piperidine rings is 1. The van der Waals surface area contributed by atoms with Gasteiger partial charge in [-0.05, 0) is 80.1 Å². The number of methoxy groups -OCH3 is 1. The van der Waals surface area contributed by atoms with Crippen molar-refractivity contribution in [1.29, 1.82) is 0 Å². The van der Waals surface area contributed by atoms with Crippen molar-refractivity contribution in [1.82, 2.24) is 9.88 Å². The van der Waals surface area contributed by atoms with Crippen LogP contribution in [0, 0.1) is 19.8 Å². The van der Waals surface area contributed by atoms with E-state index in [0.717, 1.165) is 24.8 Å². The van der Waals surface area contributed by atoms with Crippen molar-refractivity contribution >= 4 is 10.9 Å². The Hall–Kier alpha value is -2.26. The molecule has 0 amide bonds. The molecule has 1 aliphatic rings. The number of hydrogen-bond donors (Lipinski definition) is 1. The van der Waals surface area contributed by atoms with E-state index in [1.165, 1.54) is 46.1 Å². The summed E-state index contributed by atoms with van der Waals surface area (Å²) in [6.45, 7) is 8.93. The molecule has 1 saturated heterocycles. The molecule has 0 bridgehead atoms. The lowest BCUT2D eigenvalue weighted by Crippen LogP contribution is -2.36. The molecule has 1 aliphatic heterocycles. The van der Waals surface area contributed by atoms with Crippen molar-refractivity contribution < 1.29 is 4.74 Å². The third kappa shape index (κ3) is 3.74. The molecular weight excluding hydrogens is 332 g/mol. The van der Waals surface area contributed by atoms with Crippen molar-refractivity contribution in [3.05, 3.63) is 64.8 Å². The maximum atomic E-state index is 5.39. The van der Waals surface area contributed by atoms with Gasteiger partial charge in [-0.25, -0.2) is 0 Å². The molecule has 0 saturated carbocycles. The number of aromatic nitrogens is 1. The molecule has 1 N–H and O–H groups in total. The minimum absolute atomic E-state index is 0.439.